The summed E-state index contributed by atoms with van der Waals surface area (Å²) in [5.74, 6) is 0.501. The summed E-state index contributed by atoms with van der Waals surface area (Å²) >= 11 is 0. The van der Waals surface area contributed by atoms with Gasteiger partial charge in [-0.3, -0.25) is 9.69 Å². The van der Waals surface area contributed by atoms with Gasteiger partial charge in [0.05, 0.1) is 18.7 Å². The fourth-order valence-corrected chi connectivity index (χ4v) is 2.65. The molecule has 1 saturated heterocycles. The first-order chi connectivity index (χ1) is 12.5. The van der Waals surface area contributed by atoms with E-state index in [1.54, 1.807) is 19.1 Å². The number of hydrogen-bond acceptors (Lipinski definition) is 7. The molecule has 0 saturated carbocycles. The fourth-order valence-electron chi connectivity index (χ4n) is 2.65. The smallest absolute Gasteiger partial charge is 0.293 e. The van der Waals surface area contributed by atoms with Gasteiger partial charge in [-0.2, -0.15) is 4.98 Å². The van der Waals surface area contributed by atoms with Gasteiger partial charge < -0.3 is 14.6 Å². The van der Waals surface area contributed by atoms with Crippen LogP contribution in [0.1, 0.15) is 25.2 Å². The number of hydrogen-bond donors (Lipinski definition) is 1. The van der Waals surface area contributed by atoms with Crippen LogP contribution in [-0.2, 0) is 16.1 Å². The van der Waals surface area contributed by atoms with Crippen molar-refractivity contribution >= 4 is 6.47 Å². The van der Waals surface area contributed by atoms with Crippen molar-refractivity contribution in [2.75, 3.05) is 26.2 Å². The van der Waals surface area contributed by atoms with Crippen molar-refractivity contribution in [3.05, 3.63) is 35.4 Å². The average molecular weight is 364 g/mol. The van der Waals surface area contributed by atoms with E-state index in [2.05, 4.69) is 32.0 Å². The molecule has 3 rings (SSSR count). The van der Waals surface area contributed by atoms with Crippen molar-refractivity contribution in [1.29, 1.82) is 0 Å². The van der Waals surface area contributed by atoms with Crippen LogP contribution in [0.25, 0.3) is 11.5 Å². The first-order valence-corrected chi connectivity index (χ1v) is 8.63. The number of nitrogens with one attached hydrogen (secondary N) is 1. The molecule has 0 unspecified atom stereocenters. The molecule has 0 aliphatic carbocycles. The summed E-state index contributed by atoms with van der Waals surface area (Å²) < 4.78 is 23.2. The average Bonchev–Trinajstić information content (AvgIpc) is 3.06. The molecule has 1 N–H and O–H groups in total. The summed E-state index contributed by atoms with van der Waals surface area (Å²) in [7, 11) is 0. The Morgan fingerprint density at radius 2 is 2.31 bits per heavy atom. The van der Waals surface area contributed by atoms with E-state index in [0.29, 0.717) is 37.1 Å². The van der Waals surface area contributed by atoms with E-state index in [9.17, 15) is 9.18 Å². The summed E-state index contributed by atoms with van der Waals surface area (Å²) in [6.45, 7) is 10.2. The van der Waals surface area contributed by atoms with E-state index in [4.69, 9.17) is 4.52 Å². The molecule has 1 fully saturated rings. The van der Waals surface area contributed by atoms with Gasteiger partial charge in [-0.1, -0.05) is 16.8 Å². The van der Waals surface area contributed by atoms with Crippen molar-refractivity contribution < 1.29 is 18.4 Å². The molecule has 1 aromatic heterocycles. The molecule has 0 spiro atoms. The molecule has 26 heavy (non-hydrogen) atoms. The fraction of sp³-hybridized carbons (Fsp3) is 0.500. The molecule has 7 nitrogen and oxygen atoms in total. The highest BCUT2D eigenvalue weighted by atomic mass is 19.1. The first kappa shape index (κ1) is 20.0. The van der Waals surface area contributed by atoms with Crippen LogP contribution in [0.2, 0.25) is 0 Å². The largest absolute Gasteiger partial charge is 0.468 e. The number of carbonyl (C=O) groups excluding carboxylic acids is 1. The number of nitrogens with zero attached hydrogens (tertiary/aromatic N) is 3. The number of rotatable bonds is 5. The minimum absolute atomic E-state index is 0.245. The predicted molar refractivity (Wildman–Crippen MR) is 94.9 cm³/mol. The van der Waals surface area contributed by atoms with Crippen LogP contribution in [0, 0.1) is 12.7 Å². The molecular formula is C18H25FN4O3. The highest BCUT2D eigenvalue weighted by molar-refractivity contribution is 5.55. The lowest BCUT2D eigenvalue weighted by Crippen LogP contribution is -2.48. The molecule has 1 aromatic carbocycles. The number of halogens is 1. The Morgan fingerprint density at radius 1 is 1.50 bits per heavy atom. The molecular weight excluding hydrogens is 339 g/mol. The minimum atomic E-state index is -0.341. The van der Waals surface area contributed by atoms with Crippen molar-refractivity contribution in [3.63, 3.8) is 0 Å². The molecule has 0 radical (unpaired) electrons. The number of piperazine rings is 1. The van der Waals surface area contributed by atoms with Gasteiger partial charge in [-0.25, -0.2) is 4.39 Å². The molecule has 1 atom stereocenters. The maximum absolute atomic E-state index is 13.8. The Balaban J connectivity index is 0.000000431. The highest BCUT2D eigenvalue weighted by Crippen LogP contribution is 2.22. The van der Waals surface area contributed by atoms with Gasteiger partial charge in [-0.15, -0.1) is 0 Å². The summed E-state index contributed by atoms with van der Waals surface area (Å²) in [5.41, 5.74) is 1.32. The zero-order chi connectivity index (χ0) is 18.9. The van der Waals surface area contributed by atoms with Gasteiger partial charge in [0, 0.05) is 25.7 Å². The lowest BCUT2D eigenvalue weighted by molar-refractivity contribution is -0.128. The SMILES string of the molecule is CCOC=O.Cc1ccc(F)c(-c2nc(CN3CCN[C@@H](C)C3)no2)c1. The van der Waals surface area contributed by atoms with Crippen molar-refractivity contribution in [3.8, 4) is 11.5 Å². The zero-order valence-electron chi connectivity index (χ0n) is 15.4. The normalized spacial score (nSPS) is 17.3. The van der Waals surface area contributed by atoms with E-state index >= 15 is 0 Å². The number of aryl methyl sites for hydroxylation is 1. The number of benzene rings is 1. The summed E-state index contributed by atoms with van der Waals surface area (Å²) in [4.78, 5) is 15.8. The molecule has 2 heterocycles. The molecule has 142 valence electrons. The Hall–Kier alpha value is -2.32. The van der Waals surface area contributed by atoms with Gasteiger partial charge in [0.2, 0.25) is 0 Å². The summed E-state index contributed by atoms with van der Waals surface area (Å²) in [6.07, 6.45) is 0. The Kier molecular flexibility index (Phi) is 7.68. The second kappa shape index (κ2) is 9.98. The Bertz CT molecular complexity index is 707. The highest BCUT2D eigenvalue weighted by Gasteiger charge is 2.19. The number of aromatic nitrogens is 2. The molecule has 0 bridgehead atoms. The van der Waals surface area contributed by atoms with Crippen LogP contribution in [0.15, 0.2) is 22.7 Å². The molecule has 1 aliphatic heterocycles. The van der Waals surface area contributed by atoms with E-state index in [1.807, 2.05) is 6.92 Å². The standard InChI is InChI=1S/C15H19FN4O.C3H6O2/c1-10-3-4-13(16)12(7-10)15-18-14(19-21-15)9-20-6-5-17-11(2)8-20;1-2-5-3-4/h3-4,7,11,17H,5-6,8-9H2,1-2H3;3H,2H2,1H3/t11-;/m0./s1. The van der Waals surface area contributed by atoms with Crippen LogP contribution in [-0.4, -0.2) is 53.8 Å². The third kappa shape index (κ3) is 5.89. The topological polar surface area (TPSA) is 80.5 Å². The Labute approximate surface area is 152 Å². The molecule has 1 aliphatic rings. The second-order valence-electron chi connectivity index (χ2n) is 6.14. The van der Waals surface area contributed by atoms with Crippen LogP contribution in [0.3, 0.4) is 0 Å². The monoisotopic (exact) mass is 364 g/mol. The van der Waals surface area contributed by atoms with Gasteiger partial charge in [0.15, 0.2) is 5.82 Å². The quantitative estimate of drug-likeness (QED) is 0.814. The maximum atomic E-state index is 13.8. The third-order valence-electron chi connectivity index (χ3n) is 3.87. The predicted octanol–water partition coefficient (Wildman–Crippen LogP) is 2.16. The van der Waals surface area contributed by atoms with Crippen LogP contribution >= 0.6 is 0 Å². The summed E-state index contributed by atoms with van der Waals surface area (Å²) in [5, 5.41) is 7.35. The summed E-state index contributed by atoms with van der Waals surface area (Å²) in [6, 6.07) is 5.32. The third-order valence-corrected chi connectivity index (χ3v) is 3.87. The van der Waals surface area contributed by atoms with Crippen LogP contribution in [0.4, 0.5) is 4.39 Å². The van der Waals surface area contributed by atoms with Gasteiger partial charge in [0.25, 0.3) is 12.4 Å². The van der Waals surface area contributed by atoms with Crippen LogP contribution < -0.4 is 5.32 Å². The number of ether oxygens (including phenoxy) is 1. The minimum Gasteiger partial charge on any atom is -0.468 e. The first-order valence-electron chi connectivity index (χ1n) is 8.63. The lowest BCUT2D eigenvalue weighted by Gasteiger charge is -2.30. The van der Waals surface area contributed by atoms with Gasteiger partial charge in [0.1, 0.15) is 5.82 Å². The maximum Gasteiger partial charge on any atom is 0.293 e. The van der Waals surface area contributed by atoms with E-state index in [0.717, 1.165) is 25.2 Å². The van der Waals surface area contributed by atoms with Gasteiger partial charge >= 0.3 is 0 Å². The number of carbonyl (C=O) groups is 1. The molecule has 0 amide bonds. The van der Waals surface area contributed by atoms with Crippen molar-refractivity contribution in [1.82, 2.24) is 20.4 Å². The van der Waals surface area contributed by atoms with Crippen molar-refractivity contribution in [2.24, 2.45) is 0 Å². The van der Waals surface area contributed by atoms with E-state index in [-0.39, 0.29) is 11.7 Å². The van der Waals surface area contributed by atoms with E-state index < -0.39 is 0 Å². The van der Waals surface area contributed by atoms with Gasteiger partial charge in [-0.05, 0) is 32.9 Å². The van der Waals surface area contributed by atoms with E-state index in [1.165, 1.54) is 6.07 Å². The zero-order valence-corrected chi connectivity index (χ0v) is 15.4. The van der Waals surface area contributed by atoms with Crippen molar-refractivity contribution in [2.45, 2.75) is 33.4 Å². The lowest BCUT2D eigenvalue weighted by atomic mass is 10.1. The molecule has 8 heteroatoms. The molecule has 2 aromatic rings. The second-order valence-corrected chi connectivity index (χ2v) is 6.14. The Morgan fingerprint density at radius 3 is 2.96 bits per heavy atom. The van der Waals surface area contributed by atoms with Crippen LogP contribution in [0.5, 0.6) is 0 Å².